The van der Waals surface area contributed by atoms with Gasteiger partial charge >= 0.3 is 8.56 Å². The van der Waals surface area contributed by atoms with Crippen molar-refractivity contribution in [2.24, 2.45) is 0 Å². The Labute approximate surface area is 99.1 Å². The normalized spacial score (nSPS) is 33.9. The molecule has 0 aromatic rings. The lowest BCUT2D eigenvalue weighted by Gasteiger charge is -2.50. The van der Waals surface area contributed by atoms with E-state index in [4.69, 9.17) is 13.6 Å². The predicted octanol–water partition coefficient (Wildman–Crippen LogP) is 1.60. The number of methoxy groups -OCH3 is 1. The molecule has 0 saturated carbocycles. The van der Waals surface area contributed by atoms with Crippen LogP contribution in [0.3, 0.4) is 0 Å². The Morgan fingerprint density at radius 2 is 1.94 bits per heavy atom. The lowest BCUT2D eigenvalue weighted by atomic mass is 10.0. The van der Waals surface area contributed by atoms with Gasteiger partial charge < -0.3 is 18.7 Å². The Balaban J connectivity index is 3.09. The molecule has 0 amide bonds. The number of hydrogen-bond acceptors (Lipinski definition) is 4. The summed E-state index contributed by atoms with van der Waals surface area (Å²) in [7, 11) is 2.55. The summed E-state index contributed by atoms with van der Waals surface area (Å²) < 4.78 is 17.1. The lowest BCUT2D eigenvalue weighted by Crippen LogP contribution is -2.70. The molecule has 1 rings (SSSR count). The second kappa shape index (κ2) is 5.60. The van der Waals surface area contributed by atoms with Gasteiger partial charge in [-0.15, -0.1) is 0 Å². The molecule has 2 atom stereocenters. The fourth-order valence-electron chi connectivity index (χ4n) is 2.98. The van der Waals surface area contributed by atoms with Crippen LogP contribution in [0.1, 0.15) is 32.6 Å². The van der Waals surface area contributed by atoms with Crippen LogP contribution in [0.25, 0.3) is 0 Å². The van der Waals surface area contributed by atoms with E-state index in [1.807, 2.05) is 0 Å². The van der Waals surface area contributed by atoms with E-state index >= 15 is 0 Å². The number of hydrogen-bond donors (Lipinski definition) is 1. The van der Waals surface area contributed by atoms with E-state index in [0.717, 1.165) is 31.7 Å². The minimum atomic E-state index is -2.47. The minimum Gasteiger partial charge on any atom is -0.396 e. The molecule has 96 valence electrons. The van der Waals surface area contributed by atoms with Crippen LogP contribution in [0.4, 0.5) is 0 Å². The monoisotopic (exact) mass is 248 g/mol. The molecular formula is C11H24O4Si. The average molecular weight is 248 g/mol. The molecule has 1 fully saturated rings. The van der Waals surface area contributed by atoms with E-state index in [-0.39, 0.29) is 0 Å². The van der Waals surface area contributed by atoms with Gasteiger partial charge in [0.15, 0.2) is 0 Å². The topological polar surface area (TPSA) is 47.9 Å². The van der Waals surface area contributed by atoms with Gasteiger partial charge in [0.25, 0.3) is 0 Å². The second-order valence-electron chi connectivity index (χ2n) is 4.41. The highest BCUT2D eigenvalue weighted by Gasteiger charge is 2.62. The van der Waals surface area contributed by atoms with Crippen LogP contribution < -0.4 is 0 Å². The molecule has 0 radical (unpaired) electrons. The first kappa shape index (κ1) is 14.1. The molecule has 1 aliphatic heterocycles. The first-order valence-electron chi connectivity index (χ1n) is 5.96. The van der Waals surface area contributed by atoms with E-state index in [2.05, 4.69) is 6.92 Å². The molecule has 1 saturated heterocycles. The van der Waals surface area contributed by atoms with Crippen molar-refractivity contribution < 1.29 is 18.7 Å². The van der Waals surface area contributed by atoms with Crippen molar-refractivity contribution in [3.8, 4) is 0 Å². The molecule has 0 aliphatic carbocycles. The Morgan fingerprint density at radius 1 is 1.31 bits per heavy atom. The molecule has 2 unspecified atom stereocenters. The van der Waals surface area contributed by atoms with Crippen LogP contribution in [0.2, 0.25) is 6.04 Å². The van der Waals surface area contributed by atoms with Crippen molar-refractivity contribution in [1.82, 2.24) is 0 Å². The minimum absolute atomic E-state index is 0.474. The maximum absolute atomic E-state index is 10.3. The van der Waals surface area contributed by atoms with Crippen molar-refractivity contribution in [1.29, 1.82) is 0 Å². The smallest absolute Gasteiger partial charge is 0.373 e. The van der Waals surface area contributed by atoms with Crippen molar-refractivity contribution in [2.45, 2.75) is 50.0 Å². The summed E-state index contributed by atoms with van der Waals surface area (Å²) in [5, 5.41) is 9.69. The van der Waals surface area contributed by atoms with E-state index < -0.39 is 19.9 Å². The Morgan fingerprint density at radius 3 is 2.38 bits per heavy atom. The zero-order valence-corrected chi connectivity index (χ0v) is 11.8. The largest absolute Gasteiger partial charge is 0.396 e. The molecule has 0 aromatic heterocycles. The van der Waals surface area contributed by atoms with E-state index in [0.29, 0.717) is 0 Å². The van der Waals surface area contributed by atoms with Crippen molar-refractivity contribution >= 4 is 8.56 Å². The zero-order valence-electron chi connectivity index (χ0n) is 10.8. The summed E-state index contributed by atoms with van der Waals surface area (Å²) >= 11 is 0. The molecule has 4 nitrogen and oxygen atoms in total. The van der Waals surface area contributed by atoms with E-state index in [1.165, 1.54) is 0 Å². The highest BCUT2D eigenvalue weighted by Crippen LogP contribution is 2.42. The molecule has 0 bridgehead atoms. The standard InChI is InChI=1S/C11H24O4Si/c1-5-8-11(13-2)10(12)7-6-9-16(11,14-3)15-4/h10,12H,5-9H2,1-4H3. The summed E-state index contributed by atoms with van der Waals surface area (Å²) in [6.07, 6.45) is 2.99. The Bertz CT molecular complexity index is 220. The van der Waals surface area contributed by atoms with Gasteiger partial charge in [0.1, 0.15) is 5.22 Å². The SMILES string of the molecule is CCCC1(OC)C(O)CCC[Si]1(OC)OC. The van der Waals surface area contributed by atoms with Crippen molar-refractivity contribution in [3.05, 3.63) is 0 Å². The number of aliphatic hydroxyl groups is 1. The van der Waals surface area contributed by atoms with Gasteiger partial charge in [-0.25, -0.2) is 0 Å². The molecule has 0 aromatic carbocycles. The molecule has 16 heavy (non-hydrogen) atoms. The Hall–Kier alpha value is 0.0569. The van der Waals surface area contributed by atoms with Crippen molar-refractivity contribution in [3.63, 3.8) is 0 Å². The molecule has 1 N–H and O–H groups in total. The van der Waals surface area contributed by atoms with Crippen LogP contribution in [-0.2, 0) is 13.6 Å². The van der Waals surface area contributed by atoms with Gasteiger partial charge in [-0.1, -0.05) is 13.3 Å². The van der Waals surface area contributed by atoms with Gasteiger partial charge in [-0.05, 0) is 25.3 Å². The summed E-state index contributed by atoms with van der Waals surface area (Å²) in [5.41, 5.74) is 0. The van der Waals surface area contributed by atoms with E-state index in [9.17, 15) is 5.11 Å². The lowest BCUT2D eigenvalue weighted by molar-refractivity contribution is -0.0949. The Kier molecular flexibility index (Phi) is 4.94. The first-order chi connectivity index (χ1) is 7.62. The maximum Gasteiger partial charge on any atom is 0.373 e. The van der Waals surface area contributed by atoms with Gasteiger partial charge in [-0.3, -0.25) is 0 Å². The van der Waals surface area contributed by atoms with Crippen LogP contribution in [0.5, 0.6) is 0 Å². The van der Waals surface area contributed by atoms with Crippen molar-refractivity contribution in [2.75, 3.05) is 21.3 Å². The number of aliphatic hydroxyl groups excluding tert-OH is 1. The van der Waals surface area contributed by atoms with Crippen LogP contribution >= 0.6 is 0 Å². The third-order valence-electron chi connectivity index (χ3n) is 3.81. The first-order valence-corrected chi connectivity index (χ1v) is 7.98. The maximum atomic E-state index is 10.3. The predicted molar refractivity (Wildman–Crippen MR) is 64.5 cm³/mol. The van der Waals surface area contributed by atoms with Gasteiger partial charge in [0.2, 0.25) is 0 Å². The van der Waals surface area contributed by atoms with Gasteiger partial charge in [0, 0.05) is 21.3 Å². The quantitative estimate of drug-likeness (QED) is 0.751. The highest BCUT2D eigenvalue weighted by atomic mass is 28.4. The second-order valence-corrected chi connectivity index (χ2v) is 8.08. The van der Waals surface area contributed by atoms with Crippen LogP contribution in [0.15, 0.2) is 0 Å². The molecule has 5 heteroatoms. The highest BCUT2D eigenvalue weighted by molar-refractivity contribution is 6.71. The fraction of sp³-hybridized carbons (Fsp3) is 1.00. The summed E-state index contributed by atoms with van der Waals surface area (Å²) in [5.74, 6) is 0. The third kappa shape index (κ3) is 1.95. The molecule has 1 aliphatic rings. The fourth-order valence-corrected chi connectivity index (χ4v) is 6.93. The summed E-state index contributed by atoms with van der Waals surface area (Å²) in [6, 6.07) is 0.894. The average Bonchev–Trinajstić information content (AvgIpc) is 2.32. The van der Waals surface area contributed by atoms with Gasteiger partial charge in [-0.2, -0.15) is 0 Å². The third-order valence-corrected chi connectivity index (χ3v) is 8.22. The number of rotatable bonds is 5. The van der Waals surface area contributed by atoms with Crippen LogP contribution in [0, 0.1) is 0 Å². The molecular weight excluding hydrogens is 224 g/mol. The van der Waals surface area contributed by atoms with Crippen LogP contribution in [-0.4, -0.2) is 46.3 Å². The van der Waals surface area contributed by atoms with Gasteiger partial charge in [0.05, 0.1) is 6.10 Å². The zero-order chi connectivity index (χ0) is 12.2. The van der Waals surface area contributed by atoms with E-state index in [1.54, 1.807) is 21.3 Å². The summed E-state index contributed by atoms with van der Waals surface area (Å²) in [4.78, 5) is 0. The molecule has 0 spiro atoms. The number of ether oxygens (including phenoxy) is 1. The molecule has 1 heterocycles. The summed E-state index contributed by atoms with van der Waals surface area (Å²) in [6.45, 7) is 2.09.